The van der Waals surface area contributed by atoms with Crippen LogP contribution in [0.4, 0.5) is 0 Å². The van der Waals surface area contributed by atoms with E-state index in [4.69, 9.17) is 28.4 Å². The summed E-state index contributed by atoms with van der Waals surface area (Å²) in [7, 11) is 1.24. The van der Waals surface area contributed by atoms with Crippen LogP contribution in [0.25, 0.3) is 0 Å². The molecule has 9 nitrogen and oxygen atoms in total. The Labute approximate surface area is 156 Å². The highest BCUT2D eigenvalue weighted by atomic mass is 32.2. The second-order valence-corrected chi connectivity index (χ2v) is 11.0. The molecule has 0 aliphatic carbocycles. The molecule has 3 unspecified atom stereocenters. The maximum absolute atomic E-state index is 12.1. The van der Waals surface area contributed by atoms with E-state index in [-0.39, 0.29) is 23.9 Å². The lowest BCUT2D eigenvalue weighted by Gasteiger charge is -2.42. The van der Waals surface area contributed by atoms with Gasteiger partial charge >= 0.3 is 10.0 Å². The molecule has 0 N–H and O–H groups in total. The monoisotopic (exact) mass is 398 g/mol. The maximum atomic E-state index is 12.1. The van der Waals surface area contributed by atoms with Gasteiger partial charge in [0.25, 0.3) is 0 Å². The number of sulfonamides is 1. The van der Waals surface area contributed by atoms with E-state index in [0.717, 1.165) is 0 Å². The Morgan fingerprint density at radius 2 is 1.58 bits per heavy atom. The average Bonchev–Trinajstić information content (AvgIpc) is 2.59. The van der Waals surface area contributed by atoms with Gasteiger partial charge in [-0.05, 0) is 34.6 Å². The second-order valence-electron chi connectivity index (χ2n) is 8.55. The first-order valence-electron chi connectivity index (χ1n) is 8.48. The minimum absolute atomic E-state index is 0.0768. The van der Waals surface area contributed by atoms with Crippen molar-refractivity contribution in [2.24, 2.45) is 0 Å². The van der Waals surface area contributed by atoms with Gasteiger partial charge < -0.3 is 28.4 Å². The zero-order chi connectivity index (χ0) is 20.1. The van der Waals surface area contributed by atoms with Crippen molar-refractivity contribution in [1.82, 2.24) is 0 Å². The van der Waals surface area contributed by atoms with Crippen molar-refractivity contribution in [3.63, 3.8) is 0 Å². The van der Waals surface area contributed by atoms with Crippen molar-refractivity contribution < 1.29 is 40.7 Å². The van der Waals surface area contributed by atoms with E-state index in [9.17, 15) is 8.42 Å². The number of hydrogen-bond donors (Lipinski definition) is 0. The first kappa shape index (κ1) is 22.0. The minimum atomic E-state index is -3.46. The summed E-state index contributed by atoms with van der Waals surface area (Å²) in [5, 5.41) is 0. The Morgan fingerprint density at radius 1 is 0.962 bits per heavy atom. The summed E-state index contributed by atoms with van der Waals surface area (Å²) in [4.78, 5) is 0. The average molecular weight is 398 g/mol. The van der Waals surface area contributed by atoms with Crippen LogP contribution in [0.1, 0.15) is 34.6 Å². The first-order chi connectivity index (χ1) is 11.5. The summed E-state index contributed by atoms with van der Waals surface area (Å²) in [5.74, 6) is -3.49. The summed E-state index contributed by atoms with van der Waals surface area (Å²) >= 11 is 0. The Kier molecular flexibility index (Phi) is 5.60. The van der Waals surface area contributed by atoms with Gasteiger partial charge in [-0.2, -0.15) is 8.42 Å². The van der Waals surface area contributed by atoms with Gasteiger partial charge in [0.2, 0.25) is 5.79 Å². The fourth-order valence-corrected chi connectivity index (χ4v) is 3.36. The van der Waals surface area contributed by atoms with E-state index in [1.165, 1.54) is 0 Å². The molecule has 0 aromatic heterocycles. The van der Waals surface area contributed by atoms with E-state index >= 15 is 0 Å². The van der Waals surface area contributed by atoms with Crippen molar-refractivity contribution in [1.29, 1.82) is 0 Å². The van der Waals surface area contributed by atoms with Crippen molar-refractivity contribution in [3.05, 3.63) is 0 Å². The maximum Gasteiger partial charge on any atom is 0.320 e. The Morgan fingerprint density at radius 3 is 2.15 bits per heavy atom. The third-order valence-electron chi connectivity index (χ3n) is 4.65. The van der Waals surface area contributed by atoms with Crippen molar-refractivity contribution in [2.75, 3.05) is 47.1 Å². The summed E-state index contributed by atoms with van der Waals surface area (Å²) in [6.07, 6.45) is 0. The highest BCUT2D eigenvalue weighted by Crippen LogP contribution is 2.46. The molecule has 0 aromatic rings. The molecule has 2 fully saturated rings. The lowest BCUT2D eigenvalue weighted by Crippen LogP contribution is -2.57. The van der Waals surface area contributed by atoms with Gasteiger partial charge in [-0.3, -0.25) is 0 Å². The Balaban J connectivity index is 2.02. The quantitative estimate of drug-likeness (QED) is 0.634. The highest BCUT2D eigenvalue weighted by Gasteiger charge is 2.61. The Bertz CT molecular complexity index is 631. The van der Waals surface area contributed by atoms with Gasteiger partial charge in [-0.1, -0.05) is 0 Å². The molecule has 2 aliphatic heterocycles. The molecule has 2 aliphatic rings. The van der Waals surface area contributed by atoms with Crippen molar-refractivity contribution in [3.8, 4) is 0 Å². The largest absolute Gasteiger partial charge is 0.354 e. The molecule has 3 atom stereocenters. The normalized spacial score (nSPS) is 38.5. The molecular weight excluding hydrogens is 366 g/mol. The van der Waals surface area contributed by atoms with Crippen LogP contribution in [0.2, 0.25) is 0 Å². The van der Waals surface area contributed by atoms with E-state index in [1.807, 2.05) is 6.92 Å². The fourth-order valence-electron chi connectivity index (χ4n) is 2.75. The fraction of sp³-hybridized carbons (Fsp3) is 1.00. The third-order valence-corrected chi connectivity index (χ3v) is 6.79. The highest BCUT2D eigenvalue weighted by molar-refractivity contribution is 7.85. The molecule has 2 saturated heterocycles. The standard InChI is InChI=1S/C16H32NO8S/c1-13(2)24-14(3)9-21-15(4,22-11-23-16(14,5)25-13)10-20-12-26(18,19)17(6,7)8/h9-12H2,1-8H3/q+1. The van der Waals surface area contributed by atoms with E-state index in [0.29, 0.717) is 0 Å². The molecule has 0 aromatic carbocycles. The van der Waals surface area contributed by atoms with Gasteiger partial charge in [0.15, 0.2) is 24.3 Å². The molecule has 0 radical (unpaired) electrons. The van der Waals surface area contributed by atoms with Gasteiger partial charge in [0, 0.05) is 0 Å². The van der Waals surface area contributed by atoms with Crippen LogP contribution in [0.5, 0.6) is 0 Å². The van der Waals surface area contributed by atoms with E-state index in [1.54, 1.807) is 48.8 Å². The number of fused-ring (bicyclic) bond motifs is 1. The zero-order valence-electron chi connectivity index (χ0n) is 16.9. The topological polar surface area (TPSA) is 89.5 Å². The van der Waals surface area contributed by atoms with Crippen LogP contribution in [-0.2, 0) is 38.4 Å². The smallest absolute Gasteiger partial charge is 0.320 e. The molecule has 0 saturated carbocycles. The molecular formula is C16H32NO8S+. The van der Waals surface area contributed by atoms with E-state index < -0.39 is 38.9 Å². The molecule has 0 bridgehead atoms. The van der Waals surface area contributed by atoms with Crippen LogP contribution in [0, 0.1) is 0 Å². The number of ether oxygens (including phenoxy) is 6. The first-order valence-corrected chi connectivity index (χ1v) is 10.1. The van der Waals surface area contributed by atoms with Gasteiger partial charge in [-0.15, -0.1) is 0 Å². The summed E-state index contributed by atoms with van der Waals surface area (Å²) in [6.45, 7) is 8.82. The predicted molar refractivity (Wildman–Crippen MR) is 92.2 cm³/mol. The summed E-state index contributed by atoms with van der Waals surface area (Å²) in [5.41, 5.74) is -0.865. The SMILES string of the molecule is CC1(C)OC2(C)COC(C)(COCS(=O)(=O)[N+](C)(C)C)OCOC2(C)O1. The van der Waals surface area contributed by atoms with Gasteiger partial charge in [0.1, 0.15) is 12.2 Å². The summed E-state index contributed by atoms with van der Waals surface area (Å²) in [6, 6.07) is 0. The number of quaternary nitrogens is 1. The van der Waals surface area contributed by atoms with Crippen LogP contribution in [-0.4, -0.2) is 82.4 Å². The number of nitrogens with zero attached hydrogens (tertiary/aromatic N) is 1. The van der Waals surface area contributed by atoms with Crippen LogP contribution in [0.3, 0.4) is 0 Å². The molecule has 2 rings (SSSR count). The molecule has 0 spiro atoms. The lowest BCUT2D eigenvalue weighted by atomic mass is 9.97. The number of rotatable bonds is 5. The summed E-state index contributed by atoms with van der Waals surface area (Å²) < 4.78 is 58.7. The molecule has 0 amide bonds. The zero-order valence-corrected chi connectivity index (χ0v) is 17.8. The van der Waals surface area contributed by atoms with Crippen molar-refractivity contribution in [2.45, 2.75) is 57.6 Å². The molecule has 2 heterocycles. The van der Waals surface area contributed by atoms with E-state index in [2.05, 4.69) is 0 Å². The van der Waals surface area contributed by atoms with Crippen LogP contribution in [0.15, 0.2) is 0 Å². The Hall–Kier alpha value is -0.330. The lowest BCUT2D eigenvalue weighted by molar-refractivity contribution is -0.739. The van der Waals surface area contributed by atoms with Crippen molar-refractivity contribution >= 4 is 10.0 Å². The van der Waals surface area contributed by atoms with Crippen LogP contribution < -0.4 is 0 Å². The minimum Gasteiger partial charge on any atom is -0.354 e. The second kappa shape index (κ2) is 6.63. The molecule has 26 heavy (non-hydrogen) atoms. The molecule has 154 valence electrons. The van der Waals surface area contributed by atoms with Gasteiger partial charge in [0.05, 0.1) is 27.7 Å². The van der Waals surface area contributed by atoms with Crippen LogP contribution >= 0.6 is 0 Å². The third kappa shape index (κ3) is 4.39. The number of hydrogen-bond acceptors (Lipinski definition) is 8. The predicted octanol–water partition coefficient (Wildman–Crippen LogP) is 0.991. The van der Waals surface area contributed by atoms with Gasteiger partial charge in [-0.25, -0.2) is 3.89 Å². The molecule has 10 heteroatoms.